The van der Waals surface area contributed by atoms with Crippen LogP contribution in [0.3, 0.4) is 0 Å². The zero-order valence-electron chi connectivity index (χ0n) is 8.85. The van der Waals surface area contributed by atoms with Crippen LogP contribution in [0.4, 0.5) is 5.00 Å². The number of anilines is 1. The van der Waals surface area contributed by atoms with Crippen molar-refractivity contribution >= 4 is 16.3 Å². The van der Waals surface area contributed by atoms with Gasteiger partial charge in [-0.2, -0.15) is 0 Å². The maximum absolute atomic E-state index is 5.88. The normalized spacial score (nSPS) is 12.0. The highest BCUT2D eigenvalue weighted by molar-refractivity contribution is 7.15. The Bertz CT molecular complexity index is 284. The van der Waals surface area contributed by atoms with Gasteiger partial charge in [0.25, 0.3) is 0 Å². The van der Waals surface area contributed by atoms with Crippen molar-refractivity contribution in [2.45, 2.75) is 46.0 Å². The molecule has 0 aromatic carbocycles. The van der Waals surface area contributed by atoms with E-state index in [1.54, 1.807) is 11.3 Å². The van der Waals surface area contributed by atoms with E-state index in [1.807, 2.05) is 0 Å². The molecule has 2 nitrogen and oxygen atoms in total. The molecule has 0 saturated heterocycles. The van der Waals surface area contributed by atoms with Crippen molar-refractivity contribution in [3.05, 3.63) is 10.7 Å². The Kier molecular flexibility index (Phi) is 2.96. The first-order chi connectivity index (χ1) is 5.95. The second kappa shape index (κ2) is 3.66. The van der Waals surface area contributed by atoms with Gasteiger partial charge in [0.05, 0.1) is 5.69 Å². The van der Waals surface area contributed by atoms with E-state index in [0.717, 1.165) is 28.5 Å². The topological polar surface area (TPSA) is 38.9 Å². The fourth-order valence-corrected chi connectivity index (χ4v) is 2.04. The molecule has 2 N–H and O–H groups in total. The molecule has 0 aliphatic rings. The summed E-state index contributed by atoms with van der Waals surface area (Å²) >= 11 is 1.63. The second-order valence-corrected chi connectivity index (χ2v) is 5.36. The summed E-state index contributed by atoms with van der Waals surface area (Å²) in [6, 6.07) is 0. The Balaban J connectivity index is 2.95. The lowest BCUT2D eigenvalue weighted by Gasteiger charge is -2.13. The van der Waals surface area contributed by atoms with Crippen LogP contribution >= 0.6 is 11.3 Å². The third-order valence-corrected chi connectivity index (χ3v) is 3.21. The van der Waals surface area contributed by atoms with E-state index in [1.165, 1.54) is 0 Å². The van der Waals surface area contributed by atoms with Gasteiger partial charge in [0.15, 0.2) is 0 Å². The summed E-state index contributed by atoms with van der Waals surface area (Å²) in [4.78, 5) is 4.56. The highest BCUT2D eigenvalue weighted by Gasteiger charge is 2.19. The molecule has 0 radical (unpaired) electrons. The molecule has 1 aromatic rings. The molecule has 13 heavy (non-hydrogen) atoms. The largest absolute Gasteiger partial charge is 0.389 e. The van der Waals surface area contributed by atoms with Crippen molar-refractivity contribution in [2.24, 2.45) is 0 Å². The van der Waals surface area contributed by atoms with Gasteiger partial charge in [-0.3, -0.25) is 0 Å². The first-order valence-corrected chi connectivity index (χ1v) is 5.52. The number of hydrogen-bond acceptors (Lipinski definition) is 3. The summed E-state index contributed by atoms with van der Waals surface area (Å²) in [5.74, 6) is 0. The summed E-state index contributed by atoms with van der Waals surface area (Å²) < 4.78 is 0. The Morgan fingerprint density at radius 2 is 2.00 bits per heavy atom. The van der Waals surface area contributed by atoms with E-state index < -0.39 is 0 Å². The van der Waals surface area contributed by atoms with Gasteiger partial charge in [0.2, 0.25) is 0 Å². The molecule has 0 aliphatic heterocycles. The maximum atomic E-state index is 5.88. The third-order valence-electron chi connectivity index (χ3n) is 1.86. The predicted molar refractivity (Wildman–Crippen MR) is 59.2 cm³/mol. The van der Waals surface area contributed by atoms with Crippen LogP contribution in [0.5, 0.6) is 0 Å². The van der Waals surface area contributed by atoms with Crippen molar-refractivity contribution in [3.63, 3.8) is 0 Å². The van der Waals surface area contributed by atoms with Crippen LogP contribution in [0, 0.1) is 0 Å². The summed E-state index contributed by atoms with van der Waals surface area (Å²) in [7, 11) is 0. The molecule has 0 unspecified atom stereocenters. The first kappa shape index (κ1) is 10.5. The zero-order chi connectivity index (χ0) is 10.1. The number of nitrogens with two attached hydrogens (primary N) is 1. The van der Waals surface area contributed by atoms with Gasteiger partial charge < -0.3 is 5.73 Å². The fourth-order valence-electron chi connectivity index (χ4n) is 1.10. The third kappa shape index (κ3) is 2.44. The number of thiazole rings is 1. The molecule has 1 heterocycles. The van der Waals surface area contributed by atoms with E-state index in [0.29, 0.717) is 0 Å². The van der Waals surface area contributed by atoms with Crippen molar-refractivity contribution in [3.8, 4) is 0 Å². The minimum Gasteiger partial charge on any atom is -0.389 e. The highest BCUT2D eigenvalue weighted by Crippen LogP contribution is 2.31. The lowest BCUT2D eigenvalue weighted by Crippen LogP contribution is -2.10. The number of hydrogen-bond donors (Lipinski definition) is 1. The van der Waals surface area contributed by atoms with Crippen LogP contribution in [-0.2, 0) is 11.8 Å². The van der Waals surface area contributed by atoms with Crippen molar-refractivity contribution < 1.29 is 0 Å². The lowest BCUT2D eigenvalue weighted by atomic mass is 9.98. The number of nitrogens with zero attached hydrogens (tertiary/aromatic N) is 1. The van der Waals surface area contributed by atoms with E-state index in [4.69, 9.17) is 5.73 Å². The van der Waals surface area contributed by atoms with E-state index >= 15 is 0 Å². The minimum absolute atomic E-state index is 0.130. The van der Waals surface area contributed by atoms with Gasteiger partial charge in [-0.15, -0.1) is 11.3 Å². The quantitative estimate of drug-likeness (QED) is 0.793. The SMILES string of the molecule is CCCc1nc(C(C)(C)C)sc1N. The number of nitrogen functional groups attached to an aromatic ring is 1. The van der Waals surface area contributed by atoms with Gasteiger partial charge in [-0.25, -0.2) is 4.98 Å². The van der Waals surface area contributed by atoms with Crippen LogP contribution in [0.1, 0.15) is 44.8 Å². The van der Waals surface area contributed by atoms with Gasteiger partial charge in [0, 0.05) is 5.41 Å². The second-order valence-electron chi connectivity index (χ2n) is 4.33. The van der Waals surface area contributed by atoms with Crippen molar-refractivity contribution in [2.75, 3.05) is 5.73 Å². The number of aromatic nitrogens is 1. The maximum Gasteiger partial charge on any atom is 0.109 e. The summed E-state index contributed by atoms with van der Waals surface area (Å²) in [6.45, 7) is 8.65. The van der Waals surface area contributed by atoms with Gasteiger partial charge in [-0.05, 0) is 6.42 Å². The first-order valence-electron chi connectivity index (χ1n) is 4.70. The Hall–Kier alpha value is -0.570. The monoisotopic (exact) mass is 198 g/mol. The summed E-state index contributed by atoms with van der Waals surface area (Å²) in [6.07, 6.45) is 2.11. The van der Waals surface area contributed by atoms with E-state index in [2.05, 4.69) is 32.7 Å². The fraction of sp³-hybridized carbons (Fsp3) is 0.700. The molecule has 1 aromatic heterocycles. The molecular weight excluding hydrogens is 180 g/mol. The van der Waals surface area contributed by atoms with Crippen LogP contribution in [0.2, 0.25) is 0 Å². The van der Waals surface area contributed by atoms with Crippen molar-refractivity contribution in [1.82, 2.24) is 4.98 Å². The standard InChI is InChI=1S/C10H18N2S/c1-5-6-7-8(11)13-9(12-7)10(2,3)4/h5-6,11H2,1-4H3. The molecule has 0 fully saturated rings. The Morgan fingerprint density at radius 3 is 2.38 bits per heavy atom. The molecule has 0 saturated carbocycles. The number of rotatable bonds is 2. The molecule has 0 bridgehead atoms. The highest BCUT2D eigenvalue weighted by atomic mass is 32.1. The molecule has 0 spiro atoms. The van der Waals surface area contributed by atoms with Crippen LogP contribution in [-0.4, -0.2) is 4.98 Å². The average molecular weight is 198 g/mol. The summed E-state index contributed by atoms with van der Waals surface area (Å²) in [5, 5.41) is 2.04. The van der Waals surface area contributed by atoms with Crippen molar-refractivity contribution in [1.29, 1.82) is 0 Å². The molecule has 74 valence electrons. The smallest absolute Gasteiger partial charge is 0.109 e. The average Bonchev–Trinajstić information content (AvgIpc) is 2.32. The van der Waals surface area contributed by atoms with Crippen LogP contribution in [0.15, 0.2) is 0 Å². The molecular formula is C10H18N2S. The van der Waals surface area contributed by atoms with Crippen LogP contribution < -0.4 is 5.73 Å². The predicted octanol–water partition coefficient (Wildman–Crippen LogP) is 2.98. The molecule has 0 amide bonds. The molecule has 0 aliphatic carbocycles. The lowest BCUT2D eigenvalue weighted by molar-refractivity contribution is 0.582. The molecule has 1 rings (SSSR count). The van der Waals surface area contributed by atoms with Gasteiger partial charge in [-0.1, -0.05) is 34.1 Å². The Labute approximate surface area is 84.2 Å². The summed E-state index contributed by atoms with van der Waals surface area (Å²) in [5.41, 5.74) is 7.09. The Morgan fingerprint density at radius 1 is 1.38 bits per heavy atom. The zero-order valence-corrected chi connectivity index (χ0v) is 9.66. The van der Waals surface area contributed by atoms with Crippen LogP contribution in [0.25, 0.3) is 0 Å². The molecule has 3 heteroatoms. The number of aryl methyl sites for hydroxylation is 1. The van der Waals surface area contributed by atoms with Gasteiger partial charge in [0.1, 0.15) is 10.0 Å². The molecule has 0 atom stereocenters. The minimum atomic E-state index is 0.130. The van der Waals surface area contributed by atoms with E-state index in [9.17, 15) is 0 Å². The van der Waals surface area contributed by atoms with Gasteiger partial charge >= 0.3 is 0 Å². The van der Waals surface area contributed by atoms with E-state index in [-0.39, 0.29) is 5.41 Å².